The molecule has 1 aliphatic heterocycles. The molecule has 0 aromatic rings. The Balaban J connectivity index is 2.22. The quantitative estimate of drug-likeness (QED) is 0.682. The van der Waals surface area contributed by atoms with Gasteiger partial charge in [0.1, 0.15) is 0 Å². The van der Waals surface area contributed by atoms with Crippen molar-refractivity contribution in [2.24, 2.45) is 5.92 Å². The summed E-state index contributed by atoms with van der Waals surface area (Å²) in [6.45, 7) is 7.51. The van der Waals surface area contributed by atoms with Gasteiger partial charge in [-0.2, -0.15) is 0 Å². The van der Waals surface area contributed by atoms with Crippen LogP contribution >= 0.6 is 0 Å². The lowest BCUT2D eigenvalue weighted by Gasteiger charge is -2.32. The van der Waals surface area contributed by atoms with Crippen molar-refractivity contribution in [3.05, 3.63) is 0 Å². The van der Waals surface area contributed by atoms with E-state index in [0.717, 1.165) is 12.5 Å². The van der Waals surface area contributed by atoms with E-state index in [2.05, 4.69) is 36.0 Å². The van der Waals surface area contributed by atoms with Crippen LogP contribution in [0.3, 0.4) is 0 Å². The molecule has 0 aromatic heterocycles. The molecular formula is C12H22N2. The van der Waals surface area contributed by atoms with Crippen molar-refractivity contribution >= 4 is 0 Å². The number of hydrogen-bond acceptors (Lipinski definition) is 2. The zero-order valence-electron chi connectivity index (χ0n) is 9.64. The lowest BCUT2D eigenvalue weighted by atomic mass is 9.90. The van der Waals surface area contributed by atoms with Crippen LogP contribution in [0.4, 0.5) is 0 Å². The van der Waals surface area contributed by atoms with Crippen molar-refractivity contribution in [2.75, 3.05) is 26.7 Å². The first-order valence-corrected chi connectivity index (χ1v) is 5.55. The molecule has 80 valence electrons. The number of hydrogen-bond donors (Lipinski definition) is 1. The maximum Gasteiger partial charge on any atom is 0.0578 e. The maximum atomic E-state index is 3.48. The first-order chi connectivity index (χ1) is 6.74. The molecule has 0 radical (unpaired) electrons. The molecule has 1 rings (SSSR count). The zero-order chi connectivity index (χ0) is 10.4. The molecule has 0 aromatic carbocycles. The molecule has 14 heavy (non-hydrogen) atoms. The molecule has 1 atom stereocenters. The second-order valence-electron chi connectivity index (χ2n) is 4.24. The van der Waals surface area contributed by atoms with Gasteiger partial charge in [-0.3, -0.25) is 0 Å². The normalized spacial score (nSPS) is 21.4. The Morgan fingerprint density at radius 2 is 2.07 bits per heavy atom. The van der Waals surface area contributed by atoms with Gasteiger partial charge in [-0.25, -0.2) is 0 Å². The molecule has 0 saturated carbocycles. The van der Waals surface area contributed by atoms with E-state index in [1.165, 1.54) is 25.9 Å². The highest BCUT2D eigenvalue weighted by Crippen LogP contribution is 2.19. The molecule has 1 saturated heterocycles. The third-order valence-electron chi connectivity index (χ3n) is 3.16. The Kier molecular flexibility index (Phi) is 5.00. The van der Waals surface area contributed by atoms with Crippen LogP contribution < -0.4 is 5.32 Å². The molecule has 1 unspecified atom stereocenters. The van der Waals surface area contributed by atoms with Crippen LogP contribution in [0.25, 0.3) is 0 Å². The van der Waals surface area contributed by atoms with Crippen molar-refractivity contribution < 1.29 is 0 Å². The first kappa shape index (κ1) is 11.6. The van der Waals surface area contributed by atoms with Gasteiger partial charge in [0, 0.05) is 6.04 Å². The molecule has 2 nitrogen and oxygen atoms in total. The van der Waals surface area contributed by atoms with Gasteiger partial charge in [0.25, 0.3) is 0 Å². The lowest BCUT2D eigenvalue weighted by molar-refractivity contribution is 0.192. The zero-order valence-corrected chi connectivity index (χ0v) is 9.64. The molecule has 0 aliphatic carbocycles. The molecular weight excluding hydrogens is 172 g/mol. The van der Waals surface area contributed by atoms with Crippen LogP contribution in [-0.4, -0.2) is 37.6 Å². The van der Waals surface area contributed by atoms with Crippen molar-refractivity contribution in [2.45, 2.75) is 32.7 Å². The number of rotatable bonds is 3. The van der Waals surface area contributed by atoms with Gasteiger partial charge < -0.3 is 10.2 Å². The largest absolute Gasteiger partial charge is 0.306 e. The summed E-state index contributed by atoms with van der Waals surface area (Å²) in [6.07, 6.45) is 2.65. The lowest BCUT2D eigenvalue weighted by Crippen LogP contribution is -2.40. The van der Waals surface area contributed by atoms with Gasteiger partial charge in [-0.1, -0.05) is 5.92 Å². The van der Waals surface area contributed by atoms with E-state index in [4.69, 9.17) is 0 Å². The molecule has 0 bridgehead atoms. The summed E-state index contributed by atoms with van der Waals surface area (Å²) in [5.74, 6) is 6.81. The summed E-state index contributed by atoms with van der Waals surface area (Å²) in [7, 11) is 2.21. The Morgan fingerprint density at radius 1 is 1.43 bits per heavy atom. The van der Waals surface area contributed by atoms with E-state index < -0.39 is 0 Å². The minimum Gasteiger partial charge on any atom is -0.306 e. The Labute approximate surface area is 88.1 Å². The highest BCUT2D eigenvalue weighted by molar-refractivity contribution is 4.97. The second-order valence-corrected chi connectivity index (χ2v) is 4.24. The average molecular weight is 194 g/mol. The molecule has 1 heterocycles. The van der Waals surface area contributed by atoms with Crippen molar-refractivity contribution in [3.63, 3.8) is 0 Å². The fourth-order valence-electron chi connectivity index (χ4n) is 2.00. The molecule has 0 amide bonds. The van der Waals surface area contributed by atoms with Crippen molar-refractivity contribution in [1.29, 1.82) is 0 Å². The molecule has 0 spiro atoms. The van der Waals surface area contributed by atoms with Crippen molar-refractivity contribution in [1.82, 2.24) is 10.2 Å². The standard InChI is InChI=1S/C12H22N2/c1-4-5-8-13-11(2)12-6-9-14(3)10-7-12/h11-13H,6-10H2,1-3H3. The fourth-order valence-corrected chi connectivity index (χ4v) is 2.00. The van der Waals surface area contributed by atoms with Gasteiger partial charge in [0.15, 0.2) is 0 Å². The third-order valence-corrected chi connectivity index (χ3v) is 3.16. The van der Waals surface area contributed by atoms with Gasteiger partial charge >= 0.3 is 0 Å². The smallest absolute Gasteiger partial charge is 0.0578 e. The van der Waals surface area contributed by atoms with Gasteiger partial charge in [-0.15, -0.1) is 5.92 Å². The summed E-state index contributed by atoms with van der Waals surface area (Å²) in [4.78, 5) is 2.41. The average Bonchev–Trinajstić information content (AvgIpc) is 2.19. The molecule has 2 heteroatoms. The highest BCUT2D eigenvalue weighted by Gasteiger charge is 2.21. The van der Waals surface area contributed by atoms with E-state index >= 15 is 0 Å². The van der Waals surface area contributed by atoms with E-state index in [1.54, 1.807) is 0 Å². The van der Waals surface area contributed by atoms with E-state index in [9.17, 15) is 0 Å². The van der Waals surface area contributed by atoms with Gasteiger partial charge in [0.2, 0.25) is 0 Å². The number of nitrogens with zero attached hydrogens (tertiary/aromatic N) is 1. The van der Waals surface area contributed by atoms with E-state index in [0.29, 0.717) is 6.04 Å². The maximum absolute atomic E-state index is 3.48. The topological polar surface area (TPSA) is 15.3 Å². The highest BCUT2D eigenvalue weighted by atomic mass is 15.1. The Morgan fingerprint density at radius 3 is 2.64 bits per heavy atom. The van der Waals surface area contributed by atoms with Crippen LogP contribution in [-0.2, 0) is 0 Å². The van der Waals surface area contributed by atoms with Crippen LogP contribution in [0.2, 0.25) is 0 Å². The summed E-state index contributed by atoms with van der Waals surface area (Å²) in [5, 5.41) is 3.48. The minimum atomic E-state index is 0.615. The summed E-state index contributed by atoms with van der Waals surface area (Å²) in [6, 6.07) is 0.615. The third kappa shape index (κ3) is 3.69. The first-order valence-electron chi connectivity index (χ1n) is 5.55. The monoisotopic (exact) mass is 194 g/mol. The Hall–Kier alpha value is -0.520. The Bertz CT molecular complexity index is 206. The van der Waals surface area contributed by atoms with Crippen LogP contribution in [0, 0.1) is 17.8 Å². The van der Waals surface area contributed by atoms with Gasteiger partial charge in [-0.05, 0) is 52.7 Å². The van der Waals surface area contributed by atoms with Gasteiger partial charge in [0.05, 0.1) is 6.54 Å². The predicted molar refractivity (Wildman–Crippen MR) is 61.1 cm³/mol. The summed E-state index contributed by atoms with van der Waals surface area (Å²) in [5.41, 5.74) is 0. The van der Waals surface area contributed by atoms with Crippen LogP contribution in [0.1, 0.15) is 26.7 Å². The van der Waals surface area contributed by atoms with Crippen LogP contribution in [0.5, 0.6) is 0 Å². The van der Waals surface area contributed by atoms with Crippen LogP contribution in [0.15, 0.2) is 0 Å². The number of likely N-dealkylation sites (tertiary alicyclic amines) is 1. The summed E-state index contributed by atoms with van der Waals surface area (Å²) < 4.78 is 0. The number of nitrogens with one attached hydrogen (secondary N) is 1. The molecule has 1 fully saturated rings. The predicted octanol–water partition coefficient (Wildman–Crippen LogP) is 1.33. The minimum absolute atomic E-state index is 0.615. The van der Waals surface area contributed by atoms with Crippen molar-refractivity contribution in [3.8, 4) is 11.8 Å². The fraction of sp³-hybridized carbons (Fsp3) is 0.833. The summed E-state index contributed by atoms with van der Waals surface area (Å²) >= 11 is 0. The molecule has 1 N–H and O–H groups in total. The van der Waals surface area contributed by atoms with E-state index in [1.807, 2.05) is 6.92 Å². The SMILES string of the molecule is CC#CCNC(C)C1CCN(C)CC1. The molecule has 1 aliphatic rings. The number of piperidine rings is 1. The second kappa shape index (κ2) is 6.06. The van der Waals surface area contributed by atoms with E-state index in [-0.39, 0.29) is 0 Å².